The molecule has 0 aliphatic carbocycles. The number of aliphatic imine (C=N–C) groups is 1. The molecule has 2 aromatic carbocycles. The summed E-state index contributed by atoms with van der Waals surface area (Å²) in [4.78, 5) is 7.33. The average molecular weight is 460 g/mol. The summed E-state index contributed by atoms with van der Waals surface area (Å²) in [5, 5.41) is 5.17. The Kier molecular flexibility index (Phi) is 9.71. The Morgan fingerprint density at radius 2 is 1.97 bits per heavy atom. The average Bonchev–Trinajstić information content (AvgIpc) is 3.19. The van der Waals surface area contributed by atoms with E-state index in [0.717, 1.165) is 41.6 Å². The third kappa shape index (κ3) is 8.05. The van der Waals surface area contributed by atoms with Gasteiger partial charge in [-0.05, 0) is 36.8 Å². The second kappa shape index (κ2) is 12.5. The van der Waals surface area contributed by atoms with Crippen LogP contribution in [0.15, 0.2) is 69.7 Å². The predicted molar refractivity (Wildman–Crippen MR) is 128 cm³/mol. The predicted octanol–water partition coefficient (Wildman–Crippen LogP) is 3.54. The summed E-state index contributed by atoms with van der Waals surface area (Å²) < 4.78 is 34.5. The second-order valence-corrected chi connectivity index (χ2v) is 8.21. The Morgan fingerprint density at radius 1 is 1.22 bits per heavy atom. The Balaban J connectivity index is 0.000000303. The summed E-state index contributed by atoms with van der Waals surface area (Å²) in [5.74, 6) is 1.15. The van der Waals surface area contributed by atoms with Gasteiger partial charge in [-0.15, -0.1) is 0 Å². The van der Waals surface area contributed by atoms with E-state index < -0.39 is 10.1 Å². The molecule has 9 nitrogen and oxygen atoms in total. The van der Waals surface area contributed by atoms with E-state index in [1.807, 2.05) is 24.4 Å². The van der Waals surface area contributed by atoms with Crippen molar-refractivity contribution >= 4 is 33.2 Å². The summed E-state index contributed by atoms with van der Waals surface area (Å²) in [5.41, 5.74) is 10.5. The standard InChI is InChI=1S/C16H23N5O.C6H6O3S/c1-3-4-5-8-18-16(17)21-20-11-12-10-19-15-7-6-13(22-2)9-14(12)15;7-10(8,9)6-4-2-1-3-5-6/h6-7,9-11,19H,3-5,8H2,1-2H3,(H3,17,18,21);1-5H,(H,7,8,9)/b20-11+;. The van der Waals surface area contributed by atoms with E-state index in [4.69, 9.17) is 15.0 Å². The molecule has 10 heteroatoms. The number of guanidine groups is 1. The van der Waals surface area contributed by atoms with Crippen molar-refractivity contribution in [1.82, 2.24) is 10.4 Å². The number of nitrogens with two attached hydrogens (primary N) is 1. The quantitative estimate of drug-likeness (QED) is 0.133. The van der Waals surface area contributed by atoms with Gasteiger partial charge in [0.05, 0.1) is 18.2 Å². The number of hydrogen-bond donors (Lipinski definition) is 4. The molecule has 0 bridgehead atoms. The summed E-state index contributed by atoms with van der Waals surface area (Å²) in [7, 11) is -2.35. The van der Waals surface area contributed by atoms with Crippen LogP contribution in [0.5, 0.6) is 5.75 Å². The van der Waals surface area contributed by atoms with Gasteiger partial charge in [-0.25, -0.2) is 5.43 Å². The number of nitrogens with one attached hydrogen (secondary N) is 2. The van der Waals surface area contributed by atoms with Gasteiger partial charge in [0, 0.05) is 29.2 Å². The molecule has 0 fully saturated rings. The molecule has 3 rings (SSSR count). The molecule has 0 radical (unpaired) electrons. The van der Waals surface area contributed by atoms with Gasteiger partial charge in [0.1, 0.15) is 5.75 Å². The number of ether oxygens (including phenoxy) is 1. The number of H-pyrrole nitrogens is 1. The maximum atomic E-state index is 10.4. The first-order valence-corrected chi connectivity index (χ1v) is 11.6. The van der Waals surface area contributed by atoms with Gasteiger partial charge in [0.2, 0.25) is 5.96 Å². The van der Waals surface area contributed by atoms with Crippen molar-refractivity contribution in [3.63, 3.8) is 0 Å². The highest BCUT2D eigenvalue weighted by atomic mass is 32.2. The zero-order valence-electron chi connectivity index (χ0n) is 18.2. The zero-order valence-corrected chi connectivity index (χ0v) is 19.0. The largest absolute Gasteiger partial charge is 0.497 e. The maximum absolute atomic E-state index is 10.4. The fourth-order valence-electron chi connectivity index (χ4n) is 2.71. The van der Waals surface area contributed by atoms with Crippen LogP contribution in [0.4, 0.5) is 0 Å². The van der Waals surface area contributed by atoms with Gasteiger partial charge in [0.15, 0.2) is 0 Å². The van der Waals surface area contributed by atoms with Crippen LogP contribution in [-0.2, 0) is 10.1 Å². The van der Waals surface area contributed by atoms with Crippen LogP contribution in [0, 0.1) is 0 Å². The van der Waals surface area contributed by atoms with Crippen molar-refractivity contribution in [3.05, 3.63) is 60.3 Å². The molecular weight excluding hydrogens is 430 g/mol. The van der Waals surface area contributed by atoms with Crippen LogP contribution in [0.1, 0.15) is 31.7 Å². The van der Waals surface area contributed by atoms with E-state index in [-0.39, 0.29) is 4.90 Å². The van der Waals surface area contributed by atoms with Crippen LogP contribution in [-0.4, -0.2) is 43.8 Å². The Hall–Kier alpha value is -3.37. The van der Waals surface area contributed by atoms with Crippen molar-refractivity contribution in [1.29, 1.82) is 0 Å². The normalized spacial score (nSPS) is 11.9. The third-order valence-electron chi connectivity index (χ3n) is 4.39. The number of methoxy groups -OCH3 is 1. The molecule has 0 aliphatic heterocycles. The van der Waals surface area contributed by atoms with Gasteiger partial charge >= 0.3 is 0 Å². The van der Waals surface area contributed by atoms with E-state index in [1.54, 1.807) is 31.5 Å². The monoisotopic (exact) mass is 459 g/mol. The van der Waals surface area contributed by atoms with Crippen LogP contribution in [0.3, 0.4) is 0 Å². The zero-order chi connectivity index (χ0) is 23.4. The third-order valence-corrected chi connectivity index (χ3v) is 5.26. The Bertz CT molecular complexity index is 1140. The fourth-order valence-corrected chi connectivity index (χ4v) is 3.21. The molecule has 0 unspecified atom stereocenters. The highest BCUT2D eigenvalue weighted by Crippen LogP contribution is 2.22. The first-order chi connectivity index (χ1) is 15.3. The summed E-state index contributed by atoms with van der Waals surface area (Å²) >= 11 is 0. The molecule has 172 valence electrons. The number of rotatable bonds is 8. The van der Waals surface area contributed by atoms with Crippen LogP contribution < -0.4 is 15.9 Å². The lowest BCUT2D eigenvalue weighted by molar-refractivity contribution is 0.415. The first kappa shape index (κ1) is 24.9. The number of fused-ring (bicyclic) bond motifs is 1. The molecule has 0 saturated heterocycles. The minimum atomic E-state index is -4.00. The molecule has 0 aliphatic rings. The maximum Gasteiger partial charge on any atom is 0.294 e. The van der Waals surface area contributed by atoms with E-state index in [1.165, 1.54) is 18.6 Å². The van der Waals surface area contributed by atoms with Gasteiger partial charge in [0.25, 0.3) is 10.1 Å². The van der Waals surface area contributed by atoms with Crippen molar-refractivity contribution in [3.8, 4) is 5.75 Å². The fraction of sp³-hybridized carbons (Fsp3) is 0.273. The summed E-state index contributed by atoms with van der Waals surface area (Å²) in [6.07, 6.45) is 6.99. The molecule has 1 heterocycles. The number of hydrogen-bond acceptors (Lipinski definition) is 5. The van der Waals surface area contributed by atoms with Crippen molar-refractivity contribution in [2.75, 3.05) is 13.7 Å². The summed E-state index contributed by atoms with van der Waals surface area (Å²) in [6.45, 7) is 2.89. The topological polar surface area (TPSA) is 142 Å². The second-order valence-electron chi connectivity index (χ2n) is 6.79. The van der Waals surface area contributed by atoms with E-state index in [2.05, 4.69) is 27.4 Å². The number of hydrazone groups is 1. The van der Waals surface area contributed by atoms with E-state index in [9.17, 15) is 8.42 Å². The lowest BCUT2D eigenvalue weighted by Gasteiger charge is -2.00. The molecule has 0 amide bonds. The van der Waals surface area contributed by atoms with Crippen molar-refractivity contribution in [2.24, 2.45) is 15.8 Å². The van der Waals surface area contributed by atoms with Gasteiger partial charge in [-0.3, -0.25) is 9.55 Å². The number of benzene rings is 2. The Labute approximate surface area is 188 Å². The molecule has 1 aromatic heterocycles. The molecule has 0 atom stereocenters. The van der Waals surface area contributed by atoms with Crippen LogP contribution in [0.25, 0.3) is 10.9 Å². The number of aromatic nitrogens is 1. The molecule has 0 saturated carbocycles. The first-order valence-electron chi connectivity index (χ1n) is 10.1. The van der Waals surface area contributed by atoms with Gasteiger partial charge < -0.3 is 15.5 Å². The van der Waals surface area contributed by atoms with E-state index >= 15 is 0 Å². The lowest BCUT2D eigenvalue weighted by Crippen LogP contribution is -2.27. The smallest absolute Gasteiger partial charge is 0.294 e. The minimum absolute atomic E-state index is 0.0741. The number of nitrogens with zero attached hydrogens (tertiary/aromatic N) is 2. The molecule has 5 N–H and O–H groups in total. The SMILES string of the molecule is CCCCCN=C(N)N/N=C/c1c[nH]c2ccc(OC)cc12.O=S(=O)(O)c1ccccc1. The van der Waals surface area contributed by atoms with E-state index in [0.29, 0.717) is 5.96 Å². The number of unbranched alkanes of at least 4 members (excludes halogenated alkanes) is 2. The molecule has 32 heavy (non-hydrogen) atoms. The van der Waals surface area contributed by atoms with Crippen LogP contribution >= 0.6 is 0 Å². The highest BCUT2D eigenvalue weighted by Gasteiger charge is 2.06. The minimum Gasteiger partial charge on any atom is -0.497 e. The molecular formula is C22H29N5O4S. The summed E-state index contributed by atoms with van der Waals surface area (Å²) in [6, 6.07) is 13.3. The van der Waals surface area contributed by atoms with Crippen LogP contribution in [0.2, 0.25) is 0 Å². The van der Waals surface area contributed by atoms with Crippen molar-refractivity contribution in [2.45, 2.75) is 31.1 Å². The van der Waals surface area contributed by atoms with Gasteiger partial charge in [-0.2, -0.15) is 13.5 Å². The number of aromatic amines is 1. The highest BCUT2D eigenvalue weighted by molar-refractivity contribution is 7.85. The van der Waals surface area contributed by atoms with Crippen molar-refractivity contribution < 1.29 is 17.7 Å². The lowest BCUT2D eigenvalue weighted by atomic mass is 10.2. The van der Waals surface area contributed by atoms with Gasteiger partial charge in [-0.1, -0.05) is 38.0 Å². The Morgan fingerprint density at radius 3 is 2.59 bits per heavy atom. The molecule has 3 aromatic rings. The molecule has 0 spiro atoms.